The third-order valence-electron chi connectivity index (χ3n) is 3.50. The van der Waals surface area contributed by atoms with Crippen LogP contribution in [0.5, 0.6) is 0 Å². The van der Waals surface area contributed by atoms with Gasteiger partial charge in [0.2, 0.25) is 0 Å². The number of carbonyl (C=O) groups is 1. The van der Waals surface area contributed by atoms with E-state index < -0.39 is 0 Å². The van der Waals surface area contributed by atoms with E-state index in [0.29, 0.717) is 6.42 Å². The molecular formula is C16H23NO. The summed E-state index contributed by atoms with van der Waals surface area (Å²) < 4.78 is 0. The van der Waals surface area contributed by atoms with Gasteiger partial charge in [-0.05, 0) is 31.7 Å². The molecule has 0 N–H and O–H groups in total. The van der Waals surface area contributed by atoms with Crippen molar-refractivity contribution >= 4 is 5.78 Å². The number of rotatable bonds is 8. The summed E-state index contributed by atoms with van der Waals surface area (Å²) in [5.74, 6) is 1.18. The molecule has 18 heavy (non-hydrogen) atoms. The fourth-order valence-corrected chi connectivity index (χ4v) is 2.30. The van der Waals surface area contributed by atoms with Crippen molar-refractivity contribution in [3.8, 4) is 0 Å². The lowest BCUT2D eigenvalue weighted by atomic mass is 10.1. The maximum atomic E-state index is 12.0. The van der Waals surface area contributed by atoms with Gasteiger partial charge >= 0.3 is 0 Å². The lowest BCUT2D eigenvalue weighted by molar-refractivity contribution is 0.0962. The number of ketones is 1. The molecule has 2 heteroatoms. The van der Waals surface area contributed by atoms with Gasteiger partial charge in [0.25, 0.3) is 0 Å². The number of carbonyl (C=O) groups excluding carboxylic acids is 1. The Morgan fingerprint density at radius 3 is 2.56 bits per heavy atom. The highest BCUT2D eigenvalue weighted by Gasteiger charge is 2.24. The molecule has 0 bridgehead atoms. The molecule has 1 aromatic rings. The predicted molar refractivity (Wildman–Crippen MR) is 74.8 cm³/mol. The lowest BCUT2D eigenvalue weighted by Crippen LogP contribution is -2.29. The molecule has 2 rings (SSSR count). The second kappa shape index (κ2) is 6.69. The summed E-state index contributed by atoms with van der Waals surface area (Å²) in [5, 5.41) is 0. The summed E-state index contributed by atoms with van der Waals surface area (Å²) in [6, 6.07) is 9.64. The molecular weight excluding hydrogens is 222 g/mol. The fraction of sp³-hybridized carbons (Fsp3) is 0.562. The molecule has 0 atom stereocenters. The van der Waals surface area contributed by atoms with Crippen LogP contribution in [-0.2, 0) is 0 Å². The maximum Gasteiger partial charge on any atom is 0.164 e. The Bertz CT molecular complexity index is 370. The van der Waals surface area contributed by atoms with E-state index in [1.165, 1.54) is 25.8 Å². The third kappa shape index (κ3) is 4.26. The van der Waals surface area contributed by atoms with Crippen molar-refractivity contribution in [3.63, 3.8) is 0 Å². The minimum atomic E-state index is 0.271. The van der Waals surface area contributed by atoms with Gasteiger partial charge < -0.3 is 4.90 Å². The largest absolute Gasteiger partial charge is 0.303 e. The molecule has 0 unspecified atom stereocenters. The van der Waals surface area contributed by atoms with E-state index in [-0.39, 0.29) is 5.78 Å². The van der Waals surface area contributed by atoms with Gasteiger partial charge in [-0.25, -0.2) is 0 Å². The molecule has 0 aromatic heterocycles. The smallest absolute Gasteiger partial charge is 0.164 e. The fourth-order valence-electron chi connectivity index (χ4n) is 2.30. The predicted octanol–water partition coefficient (Wildman–Crippen LogP) is 3.38. The summed E-state index contributed by atoms with van der Waals surface area (Å²) in [4.78, 5) is 14.5. The van der Waals surface area contributed by atoms with Gasteiger partial charge in [-0.2, -0.15) is 0 Å². The zero-order valence-corrected chi connectivity index (χ0v) is 11.3. The first kappa shape index (κ1) is 13.3. The summed E-state index contributed by atoms with van der Waals surface area (Å²) in [5.41, 5.74) is 0.848. The second-order valence-electron chi connectivity index (χ2n) is 5.28. The van der Waals surface area contributed by atoms with Gasteiger partial charge in [-0.15, -0.1) is 0 Å². The van der Waals surface area contributed by atoms with Crippen LogP contribution in [0.15, 0.2) is 30.3 Å². The number of Topliss-reactive ketones (excluding diaryl/α,β-unsaturated/α-hetero) is 1. The van der Waals surface area contributed by atoms with Crippen molar-refractivity contribution in [3.05, 3.63) is 35.9 Å². The van der Waals surface area contributed by atoms with Gasteiger partial charge in [-0.1, -0.05) is 37.3 Å². The van der Waals surface area contributed by atoms with E-state index in [0.717, 1.165) is 24.6 Å². The van der Waals surface area contributed by atoms with E-state index >= 15 is 0 Å². The van der Waals surface area contributed by atoms with Crippen molar-refractivity contribution < 1.29 is 4.79 Å². The number of benzene rings is 1. The summed E-state index contributed by atoms with van der Waals surface area (Å²) >= 11 is 0. The molecule has 0 amide bonds. The van der Waals surface area contributed by atoms with Gasteiger partial charge in [0, 0.05) is 25.1 Å². The average Bonchev–Trinajstić information content (AvgIpc) is 3.21. The van der Waals surface area contributed by atoms with Crippen LogP contribution in [0.25, 0.3) is 0 Å². The Kier molecular flexibility index (Phi) is 4.94. The number of nitrogens with zero attached hydrogens (tertiary/aromatic N) is 1. The first-order chi connectivity index (χ1) is 8.79. The van der Waals surface area contributed by atoms with Crippen LogP contribution >= 0.6 is 0 Å². The highest BCUT2D eigenvalue weighted by molar-refractivity contribution is 5.96. The molecule has 0 radical (unpaired) electrons. The van der Waals surface area contributed by atoms with Crippen LogP contribution in [0.4, 0.5) is 0 Å². The summed E-state index contributed by atoms with van der Waals surface area (Å²) in [6.45, 7) is 5.44. The monoisotopic (exact) mass is 245 g/mol. The highest BCUT2D eigenvalue weighted by Crippen LogP contribution is 2.29. The van der Waals surface area contributed by atoms with Crippen LogP contribution in [0, 0.1) is 5.92 Å². The van der Waals surface area contributed by atoms with Crippen LogP contribution in [-0.4, -0.2) is 30.3 Å². The average molecular weight is 245 g/mol. The quantitative estimate of drug-likeness (QED) is 0.654. The summed E-state index contributed by atoms with van der Waals surface area (Å²) in [7, 11) is 0. The van der Waals surface area contributed by atoms with Gasteiger partial charge in [-0.3, -0.25) is 4.79 Å². The first-order valence-corrected chi connectivity index (χ1v) is 7.10. The van der Waals surface area contributed by atoms with E-state index in [2.05, 4.69) is 11.8 Å². The molecule has 0 aliphatic heterocycles. The minimum Gasteiger partial charge on any atom is -0.303 e. The molecule has 1 saturated carbocycles. The lowest BCUT2D eigenvalue weighted by Gasteiger charge is -2.21. The van der Waals surface area contributed by atoms with Crippen LogP contribution < -0.4 is 0 Å². The van der Waals surface area contributed by atoms with Crippen LogP contribution in [0.2, 0.25) is 0 Å². The van der Waals surface area contributed by atoms with E-state index in [4.69, 9.17) is 0 Å². The second-order valence-corrected chi connectivity index (χ2v) is 5.28. The Hall–Kier alpha value is -1.15. The maximum absolute atomic E-state index is 12.0. The first-order valence-electron chi connectivity index (χ1n) is 7.10. The summed E-state index contributed by atoms with van der Waals surface area (Å²) in [6.07, 6.45) is 4.59. The number of hydrogen-bond donors (Lipinski definition) is 0. The van der Waals surface area contributed by atoms with E-state index in [1.54, 1.807) is 0 Å². The van der Waals surface area contributed by atoms with Gasteiger partial charge in [0.1, 0.15) is 0 Å². The zero-order valence-electron chi connectivity index (χ0n) is 11.3. The third-order valence-corrected chi connectivity index (χ3v) is 3.50. The minimum absolute atomic E-state index is 0.271. The van der Waals surface area contributed by atoms with E-state index in [9.17, 15) is 4.79 Å². The van der Waals surface area contributed by atoms with Crippen LogP contribution in [0.3, 0.4) is 0 Å². The SMILES string of the molecule is CCCN(CCC(=O)c1ccccc1)CC1CC1. The van der Waals surface area contributed by atoms with Crippen molar-refractivity contribution in [2.24, 2.45) is 5.92 Å². The number of hydrogen-bond acceptors (Lipinski definition) is 2. The molecule has 0 spiro atoms. The van der Waals surface area contributed by atoms with Crippen molar-refractivity contribution in [1.82, 2.24) is 4.90 Å². The standard InChI is InChI=1S/C16H23NO/c1-2-11-17(13-14-8-9-14)12-10-16(18)15-6-4-3-5-7-15/h3-7,14H,2,8-13H2,1H3. The Morgan fingerprint density at radius 2 is 1.94 bits per heavy atom. The Balaban J connectivity index is 1.79. The molecule has 0 heterocycles. The molecule has 0 saturated heterocycles. The Labute approximate surface area is 110 Å². The molecule has 98 valence electrons. The van der Waals surface area contributed by atoms with Crippen molar-refractivity contribution in [2.45, 2.75) is 32.6 Å². The van der Waals surface area contributed by atoms with Crippen molar-refractivity contribution in [2.75, 3.05) is 19.6 Å². The Morgan fingerprint density at radius 1 is 1.22 bits per heavy atom. The molecule has 1 aliphatic rings. The molecule has 1 aromatic carbocycles. The van der Waals surface area contributed by atoms with E-state index in [1.807, 2.05) is 30.3 Å². The van der Waals surface area contributed by atoms with Crippen LogP contribution in [0.1, 0.15) is 43.0 Å². The topological polar surface area (TPSA) is 20.3 Å². The molecule has 1 fully saturated rings. The van der Waals surface area contributed by atoms with Gasteiger partial charge in [0.05, 0.1) is 0 Å². The molecule has 1 aliphatic carbocycles. The highest BCUT2D eigenvalue weighted by atomic mass is 16.1. The van der Waals surface area contributed by atoms with Crippen molar-refractivity contribution in [1.29, 1.82) is 0 Å². The van der Waals surface area contributed by atoms with Gasteiger partial charge in [0.15, 0.2) is 5.78 Å². The zero-order chi connectivity index (χ0) is 12.8. The normalized spacial score (nSPS) is 15.0. The molecule has 2 nitrogen and oxygen atoms in total.